The average molecular weight is 453 g/mol. The molecule has 0 aliphatic rings. The highest BCUT2D eigenvalue weighted by Gasteiger charge is 2.20. The Kier molecular flexibility index (Phi) is 4.72. The quantitative estimate of drug-likeness (QED) is 0.268. The second-order valence-corrected chi connectivity index (χ2v) is 9.88. The van der Waals surface area contributed by atoms with Gasteiger partial charge in [0, 0.05) is 37.5 Å². The Morgan fingerprint density at radius 2 is 1.10 bits per heavy atom. The summed E-state index contributed by atoms with van der Waals surface area (Å²) in [6, 6.07) is 29.3. The molecule has 0 atom stereocenters. The van der Waals surface area contributed by atoms with Gasteiger partial charge in [0.25, 0.3) is 0 Å². The lowest BCUT2D eigenvalue weighted by Crippen LogP contribution is -1.83. The molecule has 148 valence electrons. The zero-order chi connectivity index (χ0) is 20.6. The highest BCUT2D eigenvalue weighted by molar-refractivity contribution is 7.23. The molecule has 0 unspecified atom stereocenters. The Labute approximate surface area is 192 Å². The fourth-order valence-corrected chi connectivity index (χ4v) is 6.55. The summed E-state index contributed by atoms with van der Waals surface area (Å²) in [6.07, 6.45) is 0. The topological polar surface area (TPSA) is 25.8 Å². The van der Waals surface area contributed by atoms with Gasteiger partial charge >= 0.3 is 0 Å². The largest absolute Gasteiger partial charge is 0.236 e. The van der Waals surface area contributed by atoms with E-state index >= 15 is 0 Å². The summed E-state index contributed by atoms with van der Waals surface area (Å²) in [6.45, 7) is 0. The predicted octanol–water partition coefficient (Wildman–Crippen LogP) is 8.48. The third-order valence-corrected chi connectivity index (χ3v) is 8.11. The van der Waals surface area contributed by atoms with E-state index < -0.39 is 0 Å². The molecule has 6 rings (SSSR count). The zero-order valence-electron chi connectivity index (χ0n) is 16.4. The molecule has 0 fully saturated rings. The third kappa shape index (κ3) is 3.41. The number of hydrogen-bond acceptors (Lipinski definition) is 5. The Morgan fingerprint density at radius 1 is 0.548 bits per heavy atom. The molecule has 0 radical (unpaired) electrons. The van der Waals surface area contributed by atoms with E-state index in [2.05, 4.69) is 83.6 Å². The van der Waals surface area contributed by atoms with Gasteiger partial charge in [-0.2, -0.15) is 0 Å². The summed E-state index contributed by atoms with van der Waals surface area (Å²) in [5.74, 6) is 0. The number of rotatable bonds is 4. The van der Waals surface area contributed by atoms with Crippen molar-refractivity contribution in [3.05, 3.63) is 95.7 Å². The van der Waals surface area contributed by atoms with Gasteiger partial charge in [-0.15, -0.1) is 34.0 Å². The van der Waals surface area contributed by atoms with Crippen LogP contribution < -0.4 is 0 Å². The minimum Gasteiger partial charge on any atom is -0.236 e. The lowest BCUT2D eigenvalue weighted by atomic mass is 10.1. The van der Waals surface area contributed by atoms with Crippen LogP contribution in [0.4, 0.5) is 0 Å². The molecule has 3 heterocycles. The van der Waals surface area contributed by atoms with Crippen LogP contribution in [-0.2, 0) is 0 Å². The first-order chi connectivity index (χ1) is 15.4. The van der Waals surface area contributed by atoms with Crippen molar-refractivity contribution in [1.82, 2.24) is 9.97 Å². The van der Waals surface area contributed by atoms with Crippen molar-refractivity contribution < 1.29 is 0 Å². The van der Waals surface area contributed by atoms with Crippen LogP contribution in [0.3, 0.4) is 0 Å². The maximum Gasteiger partial charge on any atom is 0.124 e. The molecule has 2 nitrogen and oxygen atoms in total. The van der Waals surface area contributed by atoms with Gasteiger partial charge in [-0.25, -0.2) is 9.97 Å². The Balaban J connectivity index is 1.51. The van der Waals surface area contributed by atoms with Crippen LogP contribution in [0, 0.1) is 0 Å². The fourth-order valence-electron chi connectivity index (χ4n) is 3.67. The molecular formula is C26H16N2S3. The molecule has 0 aliphatic heterocycles. The van der Waals surface area contributed by atoms with Gasteiger partial charge in [-0.05, 0) is 6.07 Å². The van der Waals surface area contributed by atoms with Crippen molar-refractivity contribution >= 4 is 44.1 Å². The number of benzene rings is 3. The van der Waals surface area contributed by atoms with Crippen LogP contribution in [0.15, 0.2) is 95.7 Å². The summed E-state index contributed by atoms with van der Waals surface area (Å²) in [7, 11) is 0. The molecule has 0 saturated carbocycles. The van der Waals surface area contributed by atoms with E-state index in [-0.39, 0.29) is 0 Å². The first kappa shape index (κ1) is 18.6. The van der Waals surface area contributed by atoms with Crippen molar-refractivity contribution in [2.24, 2.45) is 0 Å². The number of hydrogen-bond donors (Lipinski definition) is 0. The average Bonchev–Trinajstić information content (AvgIpc) is 3.58. The van der Waals surface area contributed by atoms with Crippen molar-refractivity contribution in [2.45, 2.75) is 0 Å². The highest BCUT2D eigenvalue weighted by atomic mass is 32.1. The first-order valence-electron chi connectivity index (χ1n) is 9.91. The standard InChI is InChI=1S/C26H16N2S3/c1-3-9-17(10-4-1)25-27-20(15-29-25)23-19-13-7-8-14-22(19)31-24(23)21-16-30-26(28-21)18-11-5-2-6-12-18/h1-16H. The molecule has 31 heavy (non-hydrogen) atoms. The molecule has 0 N–H and O–H groups in total. The molecular weight excluding hydrogens is 437 g/mol. The van der Waals surface area contributed by atoms with Crippen LogP contribution in [0.2, 0.25) is 0 Å². The number of aromatic nitrogens is 2. The smallest absolute Gasteiger partial charge is 0.124 e. The second-order valence-electron chi connectivity index (χ2n) is 7.11. The molecule has 3 aromatic carbocycles. The van der Waals surface area contributed by atoms with Crippen LogP contribution in [0.5, 0.6) is 0 Å². The highest BCUT2D eigenvalue weighted by Crippen LogP contribution is 2.46. The second kappa shape index (κ2) is 7.85. The van der Waals surface area contributed by atoms with Crippen molar-refractivity contribution in [3.63, 3.8) is 0 Å². The summed E-state index contributed by atoms with van der Waals surface area (Å²) < 4.78 is 1.26. The van der Waals surface area contributed by atoms with Gasteiger partial charge in [-0.1, -0.05) is 78.9 Å². The Morgan fingerprint density at radius 3 is 1.77 bits per heavy atom. The predicted molar refractivity (Wildman–Crippen MR) is 135 cm³/mol. The van der Waals surface area contributed by atoms with Gasteiger partial charge in [0.2, 0.25) is 0 Å². The van der Waals surface area contributed by atoms with Gasteiger partial charge in [0.15, 0.2) is 0 Å². The van der Waals surface area contributed by atoms with Gasteiger partial charge in [0.05, 0.1) is 16.3 Å². The molecule has 0 saturated heterocycles. The molecule has 0 aliphatic carbocycles. The van der Waals surface area contributed by atoms with Crippen molar-refractivity contribution in [1.29, 1.82) is 0 Å². The monoisotopic (exact) mass is 452 g/mol. The van der Waals surface area contributed by atoms with Crippen LogP contribution in [-0.4, -0.2) is 9.97 Å². The lowest BCUT2D eigenvalue weighted by Gasteiger charge is -2.00. The van der Waals surface area contributed by atoms with Crippen molar-refractivity contribution in [3.8, 4) is 43.0 Å². The van der Waals surface area contributed by atoms with Crippen LogP contribution in [0.25, 0.3) is 53.1 Å². The maximum absolute atomic E-state index is 5.03. The molecule has 3 aromatic heterocycles. The summed E-state index contributed by atoms with van der Waals surface area (Å²) in [5.41, 5.74) is 5.53. The number of fused-ring (bicyclic) bond motifs is 1. The van der Waals surface area contributed by atoms with Gasteiger partial charge < -0.3 is 0 Å². The van der Waals surface area contributed by atoms with E-state index in [9.17, 15) is 0 Å². The third-order valence-electron chi connectivity index (χ3n) is 5.13. The normalized spacial score (nSPS) is 11.2. The molecule has 0 spiro atoms. The van der Waals surface area contributed by atoms with E-state index in [4.69, 9.17) is 9.97 Å². The van der Waals surface area contributed by atoms with Gasteiger partial charge in [-0.3, -0.25) is 0 Å². The summed E-state index contributed by atoms with van der Waals surface area (Å²) in [5, 5.41) is 7.66. The zero-order valence-corrected chi connectivity index (χ0v) is 18.8. The number of thiazole rings is 2. The van der Waals surface area contributed by atoms with E-state index in [1.54, 1.807) is 34.0 Å². The van der Waals surface area contributed by atoms with Crippen molar-refractivity contribution in [2.75, 3.05) is 0 Å². The number of nitrogens with zero attached hydrogens (tertiary/aromatic N) is 2. The SMILES string of the molecule is c1ccc(-c2nc(-c3sc4ccccc4c3-c3csc(-c4ccccc4)n3)cs2)cc1. The maximum atomic E-state index is 5.03. The fraction of sp³-hybridized carbons (Fsp3) is 0. The number of thiophene rings is 1. The van der Waals surface area contributed by atoms with Crippen LogP contribution >= 0.6 is 34.0 Å². The minimum atomic E-state index is 1.02. The molecule has 5 heteroatoms. The molecule has 0 amide bonds. The summed E-state index contributed by atoms with van der Waals surface area (Å²) >= 11 is 5.18. The van der Waals surface area contributed by atoms with E-state index in [1.165, 1.54) is 20.5 Å². The Hall–Kier alpha value is -3.12. The first-order valence-corrected chi connectivity index (χ1v) is 12.5. The van der Waals surface area contributed by atoms with Crippen LogP contribution in [0.1, 0.15) is 0 Å². The molecule has 0 bridgehead atoms. The van der Waals surface area contributed by atoms with Gasteiger partial charge in [0.1, 0.15) is 10.0 Å². The molecule has 6 aromatic rings. The minimum absolute atomic E-state index is 1.02. The van der Waals surface area contributed by atoms with E-state index in [0.717, 1.165) is 32.5 Å². The lowest BCUT2D eigenvalue weighted by molar-refractivity contribution is 1.40. The van der Waals surface area contributed by atoms with E-state index in [1.807, 2.05) is 12.1 Å². The van der Waals surface area contributed by atoms with E-state index in [0.29, 0.717) is 0 Å². The Bertz CT molecular complexity index is 1480. The summed E-state index contributed by atoms with van der Waals surface area (Å²) in [4.78, 5) is 11.2.